The van der Waals surface area contributed by atoms with Crippen molar-refractivity contribution in [2.45, 2.75) is 32.4 Å². The van der Waals surface area contributed by atoms with Crippen molar-refractivity contribution >= 4 is 11.6 Å². The van der Waals surface area contributed by atoms with Gasteiger partial charge in [-0.3, -0.25) is 9.69 Å². The lowest BCUT2D eigenvalue weighted by Gasteiger charge is -2.38. The van der Waals surface area contributed by atoms with Gasteiger partial charge < -0.3 is 14.4 Å². The van der Waals surface area contributed by atoms with Gasteiger partial charge in [-0.25, -0.2) is 0 Å². The molecule has 150 valence electrons. The minimum Gasteiger partial charge on any atom is -0.497 e. The monoisotopic (exact) mass is 382 g/mol. The van der Waals surface area contributed by atoms with Gasteiger partial charge in [-0.1, -0.05) is 24.3 Å². The number of carbonyl (C=O) groups excluding carboxylic acids is 1. The third-order valence-electron chi connectivity index (χ3n) is 5.30. The first-order chi connectivity index (χ1) is 13.6. The van der Waals surface area contributed by atoms with Crippen LogP contribution >= 0.6 is 0 Å². The number of ether oxygens (including phenoxy) is 2. The number of likely N-dealkylation sites (tertiary alicyclic amines) is 1. The summed E-state index contributed by atoms with van der Waals surface area (Å²) in [6, 6.07) is 16.6. The van der Waals surface area contributed by atoms with Gasteiger partial charge in [0.1, 0.15) is 12.4 Å². The molecule has 3 rings (SSSR count). The van der Waals surface area contributed by atoms with Crippen molar-refractivity contribution in [3.05, 3.63) is 59.7 Å². The number of benzene rings is 2. The molecule has 5 heteroatoms. The Hall–Kier alpha value is -2.37. The van der Waals surface area contributed by atoms with E-state index in [1.165, 1.54) is 5.56 Å². The molecule has 2 aromatic rings. The summed E-state index contributed by atoms with van der Waals surface area (Å²) >= 11 is 0. The second kappa shape index (κ2) is 9.71. The van der Waals surface area contributed by atoms with Crippen molar-refractivity contribution in [3.63, 3.8) is 0 Å². The number of hydrogen-bond acceptors (Lipinski definition) is 4. The highest BCUT2D eigenvalue weighted by Crippen LogP contribution is 2.26. The molecule has 2 aromatic carbocycles. The summed E-state index contributed by atoms with van der Waals surface area (Å²) in [4.78, 5) is 17.2. The number of methoxy groups -OCH3 is 2. The molecule has 0 N–H and O–H groups in total. The normalized spacial score (nSPS) is 15.4. The van der Waals surface area contributed by atoms with Crippen LogP contribution in [0.25, 0.3) is 0 Å². The Morgan fingerprint density at radius 1 is 1.11 bits per heavy atom. The van der Waals surface area contributed by atoms with Crippen LogP contribution in [0, 0.1) is 6.92 Å². The van der Waals surface area contributed by atoms with Gasteiger partial charge in [-0.2, -0.15) is 0 Å². The Kier molecular flexibility index (Phi) is 7.06. The molecule has 0 spiro atoms. The summed E-state index contributed by atoms with van der Waals surface area (Å²) in [5.74, 6) is 0.912. The maximum atomic E-state index is 12.8. The summed E-state index contributed by atoms with van der Waals surface area (Å²) in [7, 11) is 3.26. The van der Waals surface area contributed by atoms with Crippen LogP contribution in [0.4, 0.5) is 5.69 Å². The number of carbonyl (C=O) groups is 1. The summed E-state index contributed by atoms with van der Waals surface area (Å²) in [6.07, 6.45) is 1.92. The predicted molar refractivity (Wildman–Crippen MR) is 112 cm³/mol. The van der Waals surface area contributed by atoms with Crippen molar-refractivity contribution in [2.75, 3.05) is 38.8 Å². The van der Waals surface area contributed by atoms with E-state index in [4.69, 9.17) is 9.47 Å². The van der Waals surface area contributed by atoms with E-state index in [1.807, 2.05) is 29.2 Å². The summed E-state index contributed by atoms with van der Waals surface area (Å²) < 4.78 is 10.4. The maximum absolute atomic E-state index is 12.8. The molecule has 0 atom stereocenters. The van der Waals surface area contributed by atoms with Crippen molar-refractivity contribution in [1.82, 2.24) is 4.90 Å². The molecular weight excluding hydrogens is 352 g/mol. The Labute approximate surface area is 167 Å². The van der Waals surface area contributed by atoms with E-state index in [-0.39, 0.29) is 18.6 Å². The van der Waals surface area contributed by atoms with Gasteiger partial charge in [0.15, 0.2) is 0 Å². The highest BCUT2D eigenvalue weighted by Gasteiger charge is 2.29. The zero-order chi connectivity index (χ0) is 19.9. The number of aryl methyl sites for hydroxylation is 1. The lowest BCUT2D eigenvalue weighted by atomic mass is 10.0. The van der Waals surface area contributed by atoms with E-state index in [0.29, 0.717) is 0 Å². The van der Waals surface area contributed by atoms with Crippen LogP contribution in [0.15, 0.2) is 48.5 Å². The first-order valence-electron chi connectivity index (χ1n) is 9.83. The average molecular weight is 383 g/mol. The fourth-order valence-corrected chi connectivity index (χ4v) is 3.85. The van der Waals surface area contributed by atoms with E-state index in [9.17, 15) is 4.79 Å². The van der Waals surface area contributed by atoms with Gasteiger partial charge in [0.05, 0.1) is 7.11 Å². The molecule has 1 aliphatic rings. The third kappa shape index (κ3) is 5.12. The van der Waals surface area contributed by atoms with Crippen molar-refractivity contribution in [2.24, 2.45) is 0 Å². The summed E-state index contributed by atoms with van der Waals surface area (Å²) in [5.41, 5.74) is 3.41. The molecule has 0 saturated carbocycles. The van der Waals surface area contributed by atoms with E-state index >= 15 is 0 Å². The van der Waals surface area contributed by atoms with E-state index in [2.05, 4.69) is 36.1 Å². The van der Waals surface area contributed by atoms with Gasteiger partial charge in [-0.05, 0) is 55.2 Å². The zero-order valence-corrected chi connectivity index (χ0v) is 17.1. The van der Waals surface area contributed by atoms with E-state index in [0.717, 1.165) is 49.5 Å². The minimum absolute atomic E-state index is 0.0294. The topological polar surface area (TPSA) is 42.0 Å². The second-order valence-electron chi connectivity index (χ2n) is 7.39. The number of anilines is 1. The van der Waals surface area contributed by atoms with Crippen molar-refractivity contribution in [3.8, 4) is 5.75 Å². The molecule has 0 aromatic heterocycles. The SMILES string of the molecule is COCC(=O)N(c1cccc(C)c1)C1CCN(Cc2ccc(OC)cc2)CC1. The van der Waals surface area contributed by atoms with Crippen LogP contribution in [0.1, 0.15) is 24.0 Å². The molecule has 1 saturated heterocycles. The molecule has 5 nitrogen and oxygen atoms in total. The molecule has 1 aliphatic heterocycles. The van der Waals surface area contributed by atoms with Crippen LogP contribution < -0.4 is 9.64 Å². The first-order valence-corrected chi connectivity index (χ1v) is 9.83. The van der Waals surface area contributed by atoms with E-state index < -0.39 is 0 Å². The molecule has 0 unspecified atom stereocenters. The van der Waals surface area contributed by atoms with E-state index in [1.54, 1.807) is 14.2 Å². The molecular formula is C23H30N2O3. The summed E-state index contributed by atoms with van der Waals surface area (Å²) in [6.45, 7) is 5.03. The smallest absolute Gasteiger partial charge is 0.253 e. The first kappa shape index (κ1) is 20.4. The molecule has 0 radical (unpaired) electrons. The Morgan fingerprint density at radius 3 is 2.43 bits per heavy atom. The fourth-order valence-electron chi connectivity index (χ4n) is 3.85. The second-order valence-corrected chi connectivity index (χ2v) is 7.39. The van der Waals surface area contributed by atoms with Gasteiger partial charge >= 0.3 is 0 Å². The van der Waals surface area contributed by atoms with Crippen LogP contribution in [-0.4, -0.2) is 50.8 Å². The number of piperidine rings is 1. The Balaban J connectivity index is 1.65. The summed E-state index contributed by atoms with van der Waals surface area (Å²) in [5, 5.41) is 0. The fraction of sp³-hybridized carbons (Fsp3) is 0.435. The lowest BCUT2D eigenvalue weighted by Crippen LogP contribution is -2.48. The highest BCUT2D eigenvalue weighted by atomic mass is 16.5. The molecule has 0 bridgehead atoms. The zero-order valence-electron chi connectivity index (χ0n) is 17.1. The molecule has 1 heterocycles. The third-order valence-corrected chi connectivity index (χ3v) is 5.30. The van der Waals surface area contributed by atoms with Crippen LogP contribution in [0.5, 0.6) is 5.75 Å². The molecule has 1 fully saturated rings. The van der Waals surface area contributed by atoms with Gasteiger partial charge in [0.25, 0.3) is 5.91 Å². The van der Waals surface area contributed by atoms with Crippen molar-refractivity contribution < 1.29 is 14.3 Å². The van der Waals surface area contributed by atoms with Gasteiger partial charge in [0.2, 0.25) is 0 Å². The maximum Gasteiger partial charge on any atom is 0.253 e. The number of amides is 1. The predicted octanol–water partition coefficient (Wildman–Crippen LogP) is 3.65. The highest BCUT2D eigenvalue weighted by molar-refractivity contribution is 5.95. The number of nitrogens with zero attached hydrogens (tertiary/aromatic N) is 2. The standard InChI is InChI=1S/C23H30N2O3/c1-18-5-4-6-21(15-18)25(23(26)17-27-2)20-11-13-24(14-12-20)16-19-7-9-22(28-3)10-8-19/h4-10,15,20H,11-14,16-17H2,1-3H3. The molecule has 28 heavy (non-hydrogen) atoms. The van der Waals surface area contributed by atoms with Crippen LogP contribution in [0.2, 0.25) is 0 Å². The molecule has 1 amide bonds. The van der Waals surface area contributed by atoms with Gasteiger partial charge in [-0.15, -0.1) is 0 Å². The Morgan fingerprint density at radius 2 is 1.82 bits per heavy atom. The quantitative estimate of drug-likeness (QED) is 0.733. The minimum atomic E-state index is 0.0294. The van der Waals surface area contributed by atoms with Gasteiger partial charge in [0, 0.05) is 38.5 Å². The van der Waals surface area contributed by atoms with Crippen molar-refractivity contribution in [1.29, 1.82) is 0 Å². The average Bonchev–Trinajstić information content (AvgIpc) is 2.70. The van der Waals surface area contributed by atoms with Crippen LogP contribution in [-0.2, 0) is 16.1 Å². The lowest BCUT2D eigenvalue weighted by molar-refractivity contribution is -0.122. The van der Waals surface area contributed by atoms with Crippen LogP contribution in [0.3, 0.4) is 0 Å². The number of hydrogen-bond donors (Lipinski definition) is 0. The largest absolute Gasteiger partial charge is 0.497 e. The molecule has 0 aliphatic carbocycles. The Bertz CT molecular complexity index is 768. The number of rotatable bonds is 7.